The first-order valence-corrected chi connectivity index (χ1v) is 10.3. The molecule has 0 amide bonds. The summed E-state index contributed by atoms with van der Waals surface area (Å²) in [6, 6.07) is 12.7. The Labute approximate surface area is 170 Å². The molecule has 27 heavy (non-hydrogen) atoms. The van der Waals surface area contributed by atoms with E-state index >= 15 is 0 Å². The molecule has 4 heteroatoms. The van der Waals surface area contributed by atoms with Gasteiger partial charge in [0.25, 0.3) is 0 Å². The zero-order chi connectivity index (χ0) is 18.7. The van der Waals surface area contributed by atoms with Gasteiger partial charge in [-0.1, -0.05) is 40.9 Å². The summed E-state index contributed by atoms with van der Waals surface area (Å²) in [5.74, 6) is 0.665. The van der Waals surface area contributed by atoms with Crippen molar-refractivity contribution in [3.05, 3.63) is 68.8 Å². The minimum atomic E-state index is 0.594. The fraction of sp³-hybridized carbons (Fsp3) is 0.304. The molecular formula is C23H22Cl2N2. The Kier molecular flexibility index (Phi) is 4.12. The van der Waals surface area contributed by atoms with Crippen molar-refractivity contribution in [3.63, 3.8) is 0 Å². The second-order valence-electron chi connectivity index (χ2n) is 7.91. The molecular weight excluding hydrogens is 375 g/mol. The summed E-state index contributed by atoms with van der Waals surface area (Å²) < 4.78 is 2.41. The van der Waals surface area contributed by atoms with E-state index < -0.39 is 0 Å². The largest absolute Gasteiger partial charge is 0.318 e. The highest BCUT2D eigenvalue weighted by Gasteiger charge is 2.35. The lowest BCUT2D eigenvalue weighted by Crippen LogP contribution is -2.25. The molecule has 0 spiro atoms. The van der Waals surface area contributed by atoms with Crippen molar-refractivity contribution in [1.29, 1.82) is 0 Å². The molecule has 5 rings (SSSR count). The third kappa shape index (κ3) is 2.82. The van der Waals surface area contributed by atoms with Gasteiger partial charge in [-0.2, -0.15) is 0 Å². The number of hydrogen-bond donors (Lipinski definition) is 0. The van der Waals surface area contributed by atoms with Crippen LogP contribution < -0.4 is 0 Å². The maximum Gasteiger partial charge on any atom is 0.0598 e. The normalized spacial score (nSPS) is 21.7. The number of hydrogen-bond acceptors (Lipinski definition) is 1. The van der Waals surface area contributed by atoms with Crippen LogP contribution in [0.2, 0.25) is 10.0 Å². The van der Waals surface area contributed by atoms with Crippen molar-refractivity contribution in [1.82, 2.24) is 9.47 Å². The predicted octanol–water partition coefficient (Wildman–Crippen LogP) is 6.58. The number of aromatic nitrogens is 1. The zero-order valence-electron chi connectivity index (χ0n) is 15.6. The summed E-state index contributed by atoms with van der Waals surface area (Å²) in [6.45, 7) is 7.77. The molecule has 1 saturated heterocycles. The van der Waals surface area contributed by atoms with E-state index in [1.54, 1.807) is 5.56 Å². The number of rotatable bonds is 2. The fourth-order valence-corrected chi connectivity index (χ4v) is 5.00. The molecule has 0 aliphatic carbocycles. The van der Waals surface area contributed by atoms with Crippen LogP contribution in [0.15, 0.2) is 36.4 Å². The molecule has 2 aromatic carbocycles. The Bertz CT molecular complexity index is 1090. The van der Waals surface area contributed by atoms with Gasteiger partial charge in [0, 0.05) is 36.3 Å². The number of benzene rings is 2. The third-order valence-corrected chi connectivity index (χ3v) is 6.79. The topological polar surface area (TPSA) is 8.17 Å². The lowest BCUT2D eigenvalue weighted by molar-refractivity contribution is 0.308. The van der Waals surface area contributed by atoms with Crippen molar-refractivity contribution < 1.29 is 0 Å². The lowest BCUT2D eigenvalue weighted by Gasteiger charge is -2.24. The van der Waals surface area contributed by atoms with Gasteiger partial charge in [0.2, 0.25) is 0 Å². The smallest absolute Gasteiger partial charge is 0.0598 e. The molecule has 0 radical (unpaired) electrons. The molecule has 138 valence electrons. The van der Waals surface area contributed by atoms with Crippen LogP contribution in [0.25, 0.3) is 22.7 Å². The van der Waals surface area contributed by atoms with Crippen LogP contribution in [-0.2, 0) is 6.54 Å². The van der Waals surface area contributed by atoms with Crippen LogP contribution in [0.5, 0.6) is 0 Å². The molecule has 2 unspecified atom stereocenters. The van der Waals surface area contributed by atoms with Gasteiger partial charge >= 0.3 is 0 Å². The Morgan fingerprint density at radius 1 is 1.11 bits per heavy atom. The van der Waals surface area contributed by atoms with Gasteiger partial charge in [-0.25, -0.2) is 0 Å². The summed E-state index contributed by atoms with van der Waals surface area (Å²) in [6.07, 6.45) is 3.54. The molecule has 2 aliphatic rings. The average molecular weight is 397 g/mol. The Morgan fingerprint density at radius 2 is 1.96 bits per heavy atom. The highest BCUT2D eigenvalue weighted by molar-refractivity contribution is 6.42. The first-order valence-electron chi connectivity index (χ1n) is 9.51. The van der Waals surface area contributed by atoms with E-state index in [0.29, 0.717) is 16.0 Å². The predicted molar refractivity (Wildman–Crippen MR) is 116 cm³/mol. The van der Waals surface area contributed by atoms with Crippen molar-refractivity contribution in [3.8, 4) is 0 Å². The lowest BCUT2D eigenvalue weighted by atomic mass is 9.93. The summed E-state index contributed by atoms with van der Waals surface area (Å²) in [4.78, 5) is 2.58. The summed E-state index contributed by atoms with van der Waals surface area (Å²) in [7, 11) is 0. The zero-order valence-corrected chi connectivity index (χ0v) is 17.1. The van der Waals surface area contributed by atoms with E-state index in [2.05, 4.69) is 47.7 Å². The van der Waals surface area contributed by atoms with Crippen molar-refractivity contribution >= 4 is 45.9 Å². The first kappa shape index (κ1) is 17.4. The minimum absolute atomic E-state index is 0.594. The van der Waals surface area contributed by atoms with Gasteiger partial charge in [0.05, 0.1) is 15.6 Å². The van der Waals surface area contributed by atoms with E-state index in [0.717, 1.165) is 12.1 Å². The van der Waals surface area contributed by atoms with Gasteiger partial charge in [-0.3, -0.25) is 4.90 Å². The number of aryl methyl sites for hydroxylation is 1. The average Bonchev–Trinajstić information content (AvgIpc) is 3.16. The molecule has 3 heterocycles. The number of allylic oxidation sites excluding steroid dienone is 1. The van der Waals surface area contributed by atoms with E-state index in [4.69, 9.17) is 23.2 Å². The molecule has 2 atom stereocenters. The van der Waals surface area contributed by atoms with E-state index in [-0.39, 0.29) is 0 Å². The molecule has 1 aromatic heterocycles. The summed E-state index contributed by atoms with van der Waals surface area (Å²) >= 11 is 12.3. The maximum absolute atomic E-state index is 6.24. The quantitative estimate of drug-likeness (QED) is 0.474. The monoisotopic (exact) mass is 396 g/mol. The van der Waals surface area contributed by atoms with Gasteiger partial charge in [0.1, 0.15) is 0 Å². The van der Waals surface area contributed by atoms with E-state index in [1.807, 2.05) is 18.2 Å². The van der Waals surface area contributed by atoms with Gasteiger partial charge in [-0.05, 0) is 67.8 Å². The molecule has 2 aliphatic heterocycles. The van der Waals surface area contributed by atoms with Crippen LogP contribution in [0.3, 0.4) is 0 Å². The van der Waals surface area contributed by atoms with Crippen LogP contribution in [0.4, 0.5) is 0 Å². The van der Waals surface area contributed by atoms with Gasteiger partial charge in [0.15, 0.2) is 0 Å². The van der Waals surface area contributed by atoms with Crippen molar-refractivity contribution in [2.75, 3.05) is 13.1 Å². The Morgan fingerprint density at radius 3 is 2.78 bits per heavy atom. The molecule has 2 nitrogen and oxygen atoms in total. The van der Waals surface area contributed by atoms with Crippen molar-refractivity contribution in [2.45, 2.75) is 32.7 Å². The standard InChI is InChI=1S/C23H22Cl2N2/c1-14-3-6-21-18(9-14)23-17-7-8-26(12-17)13-22(23)27(21)11-15(2)16-4-5-19(24)20(25)10-16/h3-6,9-11,17H,7-8,12-13H2,1-2H3. The highest BCUT2D eigenvalue weighted by Crippen LogP contribution is 2.42. The van der Waals surface area contributed by atoms with Crippen LogP contribution in [-0.4, -0.2) is 22.6 Å². The SMILES string of the molecule is CC(=Cn1c2c(c3cc(C)ccc31)C1CCN(C2)C1)c1ccc(Cl)c(Cl)c1. The van der Waals surface area contributed by atoms with E-state index in [9.17, 15) is 0 Å². The van der Waals surface area contributed by atoms with Gasteiger partial charge in [-0.15, -0.1) is 0 Å². The summed E-state index contributed by atoms with van der Waals surface area (Å²) in [5, 5.41) is 2.62. The number of halogens is 2. The fourth-order valence-electron chi connectivity index (χ4n) is 4.70. The molecule has 1 fully saturated rings. The number of nitrogens with zero attached hydrogens (tertiary/aromatic N) is 2. The Balaban J connectivity index is 1.71. The van der Waals surface area contributed by atoms with Crippen molar-refractivity contribution in [2.24, 2.45) is 0 Å². The van der Waals surface area contributed by atoms with Gasteiger partial charge < -0.3 is 4.57 Å². The molecule has 0 N–H and O–H groups in total. The number of fused-ring (bicyclic) bond motifs is 6. The molecule has 0 saturated carbocycles. The highest BCUT2D eigenvalue weighted by atomic mass is 35.5. The maximum atomic E-state index is 6.24. The third-order valence-electron chi connectivity index (χ3n) is 6.06. The second kappa shape index (κ2) is 6.41. The van der Waals surface area contributed by atoms with Crippen LogP contribution in [0.1, 0.15) is 41.6 Å². The van der Waals surface area contributed by atoms with E-state index in [1.165, 1.54) is 47.2 Å². The van der Waals surface area contributed by atoms with Crippen LogP contribution in [0, 0.1) is 6.92 Å². The molecule has 2 bridgehead atoms. The minimum Gasteiger partial charge on any atom is -0.318 e. The van der Waals surface area contributed by atoms with Crippen LogP contribution >= 0.6 is 23.2 Å². The Hall–Kier alpha value is -1.74. The summed E-state index contributed by atoms with van der Waals surface area (Å²) in [5.41, 5.74) is 7.93. The molecule has 3 aromatic rings. The first-order chi connectivity index (χ1) is 13.0. The second-order valence-corrected chi connectivity index (χ2v) is 8.73.